The van der Waals surface area contributed by atoms with E-state index in [4.69, 9.17) is 4.74 Å². The van der Waals surface area contributed by atoms with Gasteiger partial charge >= 0.3 is 6.18 Å². The summed E-state index contributed by atoms with van der Waals surface area (Å²) in [5.74, 6) is -0.614. The average molecular weight is 481 g/mol. The van der Waals surface area contributed by atoms with Crippen LogP contribution >= 0.6 is 11.3 Å². The van der Waals surface area contributed by atoms with E-state index in [1.54, 1.807) is 4.90 Å². The number of aromatic nitrogens is 4. The van der Waals surface area contributed by atoms with Crippen molar-refractivity contribution in [2.24, 2.45) is 5.92 Å². The fourth-order valence-corrected chi connectivity index (χ4v) is 5.49. The summed E-state index contributed by atoms with van der Waals surface area (Å²) >= 11 is 0.814. The van der Waals surface area contributed by atoms with Crippen molar-refractivity contribution in [3.05, 3.63) is 34.8 Å². The van der Waals surface area contributed by atoms with E-state index in [-0.39, 0.29) is 18.0 Å². The quantitative estimate of drug-likeness (QED) is 0.610. The molecule has 1 aromatic carbocycles. The number of fused-ring (bicyclic) bond motifs is 1. The van der Waals surface area contributed by atoms with Crippen LogP contribution in [0.2, 0.25) is 0 Å². The average Bonchev–Trinajstić information content (AvgIpc) is 3.38. The number of thiazole rings is 1. The normalized spacial score (nSPS) is 21.9. The topological polar surface area (TPSA) is 87.5 Å². The predicted octanol–water partition coefficient (Wildman–Crippen LogP) is 2.98. The number of ether oxygens (including phenoxy) is 1. The van der Waals surface area contributed by atoms with Gasteiger partial charge in [-0.1, -0.05) is 0 Å². The van der Waals surface area contributed by atoms with E-state index in [0.717, 1.165) is 30.1 Å². The lowest BCUT2D eigenvalue weighted by Gasteiger charge is -2.42. The molecule has 8 nitrogen and oxygen atoms in total. The molecule has 0 aliphatic carbocycles. The number of aliphatic hydroxyl groups is 1. The maximum atomic E-state index is 14.1. The van der Waals surface area contributed by atoms with Crippen molar-refractivity contribution < 1.29 is 23.0 Å². The maximum Gasteiger partial charge on any atom is 0.424 e. The van der Waals surface area contributed by atoms with Gasteiger partial charge in [0.2, 0.25) is 5.60 Å². The third kappa shape index (κ3) is 4.00. The zero-order chi connectivity index (χ0) is 23.1. The molecule has 2 fully saturated rings. The monoisotopic (exact) mass is 480 g/mol. The Labute approximate surface area is 192 Å². The van der Waals surface area contributed by atoms with Gasteiger partial charge in [0.1, 0.15) is 10.5 Å². The van der Waals surface area contributed by atoms with Gasteiger partial charge in [0, 0.05) is 54.7 Å². The van der Waals surface area contributed by atoms with Gasteiger partial charge in [-0.05, 0) is 36.3 Å². The molecule has 3 aromatic rings. The minimum atomic E-state index is -4.85. The number of piperidine rings is 1. The molecule has 0 saturated carbocycles. The zero-order valence-electron chi connectivity index (χ0n) is 17.7. The Hall–Kier alpha value is -2.57. The molecule has 12 heteroatoms. The van der Waals surface area contributed by atoms with Crippen LogP contribution in [0.15, 0.2) is 29.8 Å². The van der Waals surface area contributed by atoms with Crippen LogP contribution in [0, 0.1) is 5.92 Å². The number of benzene rings is 1. The van der Waals surface area contributed by atoms with Crippen LogP contribution in [-0.4, -0.2) is 71.1 Å². The number of anilines is 2. The predicted molar refractivity (Wildman–Crippen MR) is 117 cm³/mol. The second-order valence-corrected chi connectivity index (χ2v) is 9.20. The number of nitrogens with zero attached hydrogens (tertiary/aromatic N) is 6. The molecule has 4 heterocycles. The van der Waals surface area contributed by atoms with Crippen LogP contribution < -0.4 is 9.80 Å². The smallest absolute Gasteiger partial charge is 0.378 e. The van der Waals surface area contributed by atoms with E-state index >= 15 is 0 Å². The van der Waals surface area contributed by atoms with Gasteiger partial charge in [0.25, 0.3) is 0 Å². The summed E-state index contributed by atoms with van der Waals surface area (Å²) in [5, 5.41) is 25.0. The third-order valence-electron chi connectivity index (χ3n) is 6.39. The van der Waals surface area contributed by atoms with Crippen molar-refractivity contribution in [2.75, 3.05) is 49.2 Å². The first-order chi connectivity index (χ1) is 15.9. The summed E-state index contributed by atoms with van der Waals surface area (Å²) in [6.07, 6.45) is -2.86. The number of halogens is 3. The molecule has 0 spiro atoms. The summed E-state index contributed by atoms with van der Waals surface area (Å²) < 4.78 is 47.7. The summed E-state index contributed by atoms with van der Waals surface area (Å²) in [6.45, 7) is 3.36. The highest BCUT2D eigenvalue weighted by molar-refractivity contribution is 7.09. The van der Waals surface area contributed by atoms with Gasteiger partial charge in [-0.3, -0.25) is 0 Å². The van der Waals surface area contributed by atoms with Gasteiger partial charge < -0.3 is 19.6 Å². The van der Waals surface area contributed by atoms with Crippen molar-refractivity contribution in [3.63, 3.8) is 0 Å². The van der Waals surface area contributed by atoms with Gasteiger partial charge in [-0.15, -0.1) is 21.5 Å². The first-order valence-corrected chi connectivity index (χ1v) is 11.7. The van der Waals surface area contributed by atoms with E-state index in [1.165, 1.54) is 11.6 Å². The summed E-state index contributed by atoms with van der Waals surface area (Å²) in [5.41, 5.74) is -1.40. The van der Waals surface area contributed by atoms with Crippen molar-refractivity contribution in [2.45, 2.75) is 24.6 Å². The molecule has 1 N–H and O–H groups in total. The molecule has 176 valence electrons. The molecular formula is C21H23F3N6O2S. The van der Waals surface area contributed by atoms with E-state index in [1.807, 2.05) is 18.2 Å². The fourth-order valence-electron chi connectivity index (χ4n) is 4.66. The molecular weight excluding hydrogens is 457 g/mol. The lowest BCUT2D eigenvalue weighted by atomic mass is 9.81. The Morgan fingerprint density at radius 2 is 1.91 bits per heavy atom. The number of hydrogen-bond donors (Lipinski definition) is 1. The van der Waals surface area contributed by atoms with E-state index in [0.29, 0.717) is 42.9 Å². The second-order valence-electron chi connectivity index (χ2n) is 8.30. The molecule has 2 aliphatic rings. The minimum Gasteiger partial charge on any atom is -0.378 e. The van der Waals surface area contributed by atoms with Crippen molar-refractivity contribution >= 4 is 33.7 Å². The van der Waals surface area contributed by atoms with E-state index in [9.17, 15) is 18.3 Å². The number of hydrogen-bond acceptors (Lipinski definition) is 9. The number of rotatable bonds is 4. The standard InChI is InChI=1S/C21H23F3N6O2S/c22-21(23,24)20(31,19-25-5-11-33-19)14-2-1-6-30(13-14)18-16-4-3-15(12-17(16)26-28-27-18)29-7-9-32-10-8-29/h3-5,11-12,14,31H,1-2,6-10,13H2. The highest BCUT2D eigenvalue weighted by atomic mass is 32.1. The summed E-state index contributed by atoms with van der Waals surface area (Å²) in [7, 11) is 0. The minimum absolute atomic E-state index is 0.0192. The van der Waals surface area contributed by atoms with Crippen molar-refractivity contribution in [3.8, 4) is 0 Å². The van der Waals surface area contributed by atoms with Gasteiger partial charge in [0.05, 0.1) is 13.2 Å². The van der Waals surface area contributed by atoms with Crippen LogP contribution in [0.1, 0.15) is 17.8 Å². The first-order valence-electron chi connectivity index (χ1n) is 10.8. The molecule has 5 rings (SSSR count). The summed E-state index contributed by atoms with van der Waals surface area (Å²) in [4.78, 5) is 7.77. The van der Waals surface area contributed by atoms with Gasteiger partial charge in [0.15, 0.2) is 5.82 Å². The molecule has 2 aromatic heterocycles. The van der Waals surface area contributed by atoms with Gasteiger partial charge in [-0.25, -0.2) is 4.98 Å². The number of morpholine rings is 1. The molecule has 2 aliphatic heterocycles. The molecule has 0 radical (unpaired) electrons. The molecule has 2 saturated heterocycles. The molecule has 0 amide bonds. The maximum absolute atomic E-state index is 14.1. The molecule has 2 atom stereocenters. The van der Waals surface area contributed by atoms with E-state index in [2.05, 4.69) is 25.3 Å². The molecule has 0 bridgehead atoms. The van der Waals surface area contributed by atoms with E-state index < -0.39 is 17.7 Å². The number of alkyl halides is 3. The Balaban J connectivity index is 1.46. The lowest BCUT2D eigenvalue weighted by molar-refractivity contribution is -0.287. The van der Waals surface area contributed by atoms with Gasteiger partial charge in [-0.2, -0.15) is 13.2 Å². The lowest BCUT2D eigenvalue weighted by Crippen LogP contribution is -2.54. The Bertz CT molecular complexity index is 1110. The van der Waals surface area contributed by atoms with Crippen LogP contribution in [0.4, 0.5) is 24.7 Å². The Morgan fingerprint density at radius 3 is 2.64 bits per heavy atom. The SMILES string of the molecule is OC(c1nccs1)(C1CCCN(c2nnnc3cc(N4CCOCC4)ccc23)C1)C(F)(F)F. The first kappa shape index (κ1) is 22.2. The van der Waals surface area contributed by atoms with Crippen molar-refractivity contribution in [1.29, 1.82) is 0 Å². The fraction of sp³-hybridized carbons (Fsp3) is 0.524. The molecule has 33 heavy (non-hydrogen) atoms. The van der Waals surface area contributed by atoms with Crippen LogP contribution in [0.3, 0.4) is 0 Å². The van der Waals surface area contributed by atoms with Crippen LogP contribution in [-0.2, 0) is 10.3 Å². The Morgan fingerprint density at radius 1 is 1.09 bits per heavy atom. The third-order valence-corrected chi connectivity index (χ3v) is 7.29. The zero-order valence-corrected chi connectivity index (χ0v) is 18.5. The highest BCUT2D eigenvalue weighted by Gasteiger charge is 2.61. The van der Waals surface area contributed by atoms with Crippen LogP contribution in [0.5, 0.6) is 0 Å². The van der Waals surface area contributed by atoms with Crippen molar-refractivity contribution in [1.82, 2.24) is 20.4 Å². The summed E-state index contributed by atoms with van der Waals surface area (Å²) in [6, 6.07) is 5.77. The second kappa shape index (κ2) is 8.65. The van der Waals surface area contributed by atoms with Crippen LogP contribution in [0.25, 0.3) is 10.9 Å². The molecule has 2 unspecified atom stereocenters. The Kier molecular flexibility index (Phi) is 5.83. The highest BCUT2D eigenvalue weighted by Crippen LogP contribution is 2.48. The largest absolute Gasteiger partial charge is 0.424 e.